The lowest BCUT2D eigenvalue weighted by molar-refractivity contribution is 0.0767. The van der Waals surface area contributed by atoms with Gasteiger partial charge in [-0.2, -0.15) is 0 Å². The summed E-state index contributed by atoms with van der Waals surface area (Å²) in [6, 6.07) is 5.57. The van der Waals surface area contributed by atoms with E-state index in [2.05, 4.69) is 15.2 Å². The summed E-state index contributed by atoms with van der Waals surface area (Å²) >= 11 is 0. The fourth-order valence-electron chi connectivity index (χ4n) is 2.13. The molecule has 0 atom stereocenters. The van der Waals surface area contributed by atoms with Crippen molar-refractivity contribution < 1.29 is 9.21 Å². The highest BCUT2D eigenvalue weighted by Crippen LogP contribution is 2.14. The summed E-state index contributed by atoms with van der Waals surface area (Å²) in [5.41, 5.74) is 1.17. The Labute approximate surface area is 121 Å². The minimum Gasteiger partial charge on any atom is -0.424 e. The van der Waals surface area contributed by atoms with Gasteiger partial charge in [0.25, 0.3) is 5.91 Å². The summed E-state index contributed by atoms with van der Waals surface area (Å²) in [5, 5.41) is 8.63. The van der Waals surface area contributed by atoms with Gasteiger partial charge in [-0.15, -0.1) is 10.2 Å². The van der Waals surface area contributed by atoms with Crippen LogP contribution in [0.3, 0.4) is 0 Å². The molecule has 21 heavy (non-hydrogen) atoms. The summed E-state index contributed by atoms with van der Waals surface area (Å²) in [6.45, 7) is 1.97. The molecular formula is C14H15N5O2. The van der Waals surface area contributed by atoms with Crippen LogP contribution in [0.2, 0.25) is 0 Å². The molecule has 3 aromatic heterocycles. The lowest BCUT2D eigenvalue weighted by atomic mass is 10.2. The van der Waals surface area contributed by atoms with Crippen LogP contribution in [0.1, 0.15) is 22.3 Å². The van der Waals surface area contributed by atoms with Gasteiger partial charge in [0.2, 0.25) is 11.8 Å². The topological polar surface area (TPSA) is 77.1 Å². The van der Waals surface area contributed by atoms with Crippen molar-refractivity contribution in [2.45, 2.75) is 13.5 Å². The van der Waals surface area contributed by atoms with Crippen LogP contribution in [0.25, 0.3) is 11.0 Å². The summed E-state index contributed by atoms with van der Waals surface area (Å²) in [5.74, 6) is 0.700. The smallest absolute Gasteiger partial charge is 0.272 e. The summed E-state index contributed by atoms with van der Waals surface area (Å²) < 4.78 is 7.16. The molecule has 0 aliphatic heterocycles. The maximum absolute atomic E-state index is 12.4. The summed E-state index contributed by atoms with van der Waals surface area (Å²) in [4.78, 5) is 18.3. The Morgan fingerprint density at radius 2 is 2.14 bits per heavy atom. The monoisotopic (exact) mass is 285 g/mol. The maximum atomic E-state index is 12.4. The Morgan fingerprint density at radius 1 is 1.33 bits per heavy atom. The van der Waals surface area contributed by atoms with Crippen molar-refractivity contribution >= 4 is 16.9 Å². The minimum atomic E-state index is -0.186. The summed E-state index contributed by atoms with van der Waals surface area (Å²) in [7, 11) is 3.58. The molecule has 0 aromatic carbocycles. The third-order valence-corrected chi connectivity index (χ3v) is 3.22. The van der Waals surface area contributed by atoms with E-state index in [1.807, 2.05) is 29.9 Å². The lowest BCUT2D eigenvalue weighted by Crippen LogP contribution is -2.27. The van der Waals surface area contributed by atoms with Crippen LogP contribution in [0, 0.1) is 6.92 Å². The number of hydrogen-bond acceptors (Lipinski definition) is 5. The Balaban J connectivity index is 1.83. The van der Waals surface area contributed by atoms with Gasteiger partial charge in [-0.25, -0.2) is 4.98 Å². The van der Waals surface area contributed by atoms with E-state index in [0.29, 0.717) is 17.5 Å². The number of rotatable bonds is 3. The molecule has 0 saturated carbocycles. The van der Waals surface area contributed by atoms with E-state index in [0.717, 1.165) is 11.0 Å². The molecule has 3 rings (SSSR count). The van der Waals surface area contributed by atoms with Crippen LogP contribution < -0.4 is 0 Å². The van der Waals surface area contributed by atoms with Gasteiger partial charge in [-0.05, 0) is 18.2 Å². The van der Waals surface area contributed by atoms with Crippen LogP contribution in [0.4, 0.5) is 0 Å². The summed E-state index contributed by atoms with van der Waals surface area (Å²) in [6.07, 6.45) is 1.91. The Bertz CT molecular complexity index is 805. The number of carbonyl (C=O) groups is 1. The molecule has 0 radical (unpaired) electrons. The first-order chi connectivity index (χ1) is 10.0. The van der Waals surface area contributed by atoms with Gasteiger partial charge in [0.1, 0.15) is 11.3 Å². The molecule has 0 fully saturated rings. The molecule has 0 N–H and O–H groups in total. The van der Waals surface area contributed by atoms with Gasteiger partial charge in [0.05, 0.1) is 6.54 Å². The molecule has 1 amide bonds. The molecule has 0 spiro atoms. The van der Waals surface area contributed by atoms with Gasteiger partial charge in [-0.3, -0.25) is 4.79 Å². The molecule has 0 unspecified atom stereocenters. The third-order valence-electron chi connectivity index (χ3n) is 3.22. The molecule has 0 aliphatic rings. The van der Waals surface area contributed by atoms with Gasteiger partial charge < -0.3 is 13.9 Å². The van der Waals surface area contributed by atoms with Crippen LogP contribution in [0.15, 0.2) is 28.8 Å². The van der Waals surface area contributed by atoms with Crippen molar-refractivity contribution in [2.24, 2.45) is 7.05 Å². The predicted molar refractivity (Wildman–Crippen MR) is 75.5 cm³/mol. The molecule has 0 aliphatic carbocycles. The normalized spacial score (nSPS) is 11.0. The van der Waals surface area contributed by atoms with Crippen molar-refractivity contribution in [2.75, 3.05) is 7.05 Å². The fourth-order valence-corrected chi connectivity index (χ4v) is 2.13. The Morgan fingerprint density at radius 3 is 2.86 bits per heavy atom. The lowest BCUT2D eigenvalue weighted by Gasteiger charge is -2.14. The van der Waals surface area contributed by atoms with Crippen molar-refractivity contribution in [3.63, 3.8) is 0 Å². The molecule has 7 nitrogen and oxygen atoms in total. The van der Waals surface area contributed by atoms with E-state index in [1.165, 1.54) is 4.90 Å². The van der Waals surface area contributed by atoms with Crippen LogP contribution in [0.5, 0.6) is 0 Å². The second kappa shape index (κ2) is 5.01. The molecule has 108 valence electrons. The van der Waals surface area contributed by atoms with Gasteiger partial charge in [-0.1, -0.05) is 0 Å². The first-order valence-electron chi connectivity index (χ1n) is 6.51. The highest BCUT2D eigenvalue weighted by atomic mass is 16.4. The minimum absolute atomic E-state index is 0.186. The van der Waals surface area contributed by atoms with Gasteiger partial charge in [0, 0.05) is 32.6 Å². The number of pyridine rings is 1. The number of aromatic nitrogens is 4. The van der Waals surface area contributed by atoms with Gasteiger partial charge >= 0.3 is 0 Å². The number of hydrogen-bond donors (Lipinski definition) is 0. The Hall–Kier alpha value is -2.70. The van der Waals surface area contributed by atoms with E-state index in [-0.39, 0.29) is 12.5 Å². The predicted octanol–water partition coefficient (Wildman–Crippen LogP) is 1.54. The fraction of sp³-hybridized carbons (Fsp3) is 0.286. The molecule has 0 saturated heterocycles. The zero-order chi connectivity index (χ0) is 15.0. The van der Waals surface area contributed by atoms with Crippen molar-refractivity contribution in [3.8, 4) is 0 Å². The first kappa shape index (κ1) is 13.3. The van der Waals surface area contributed by atoms with Crippen molar-refractivity contribution in [1.29, 1.82) is 0 Å². The molecular weight excluding hydrogens is 270 g/mol. The van der Waals surface area contributed by atoms with E-state index in [9.17, 15) is 4.79 Å². The van der Waals surface area contributed by atoms with Gasteiger partial charge in [0.15, 0.2) is 0 Å². The molecule has 7 heteroatoms. The highest BCUT2D eigenvalue weighted by Gasteiger charge is 2.17. The average Bonchev–Trinajstić information content (AvgIpc) is 3.04. The largest absolute Gasteiger partial charge is 0.424 e. The highest BCUT2D eigenvalue weighted by molar-refractivity contribution is 5.94. The average molecular weight is 285 g/mol. The van der Waals surface area contributed by atoms with Crippen LogP contribution >= 0.6 is 0 Å². The molecule has 3 aromatic rings. The third kappa shape index (κ3) is 2.49. The number of aryl methyl sites for hydroxylation is 2. The van der Waals surface area contributed by atoms with Crippen LogP contribution in [-0.4, -0.2) is 37.6 Å². The number of fused-ring (bicyclic) bond motifs is 1. The van der Waals surface area contributed by atoms with Crippen LogP contribution in [-0.2, 0) is 13.6 Å². The van der Waals surface area contributed by atoms with E-state index >= 15 is 0 Å². The zero-order valence-corrected chi connectivity index (χ0v) is 12.1. The standard InChI is InChI=1S/C14H15N5O2/c1-9-16-17-12(21-9)8-19(3)14(20)11-5-4-10-6-7-18(2)13(10)15-11/h4-7H,8H2,1-3H3. The Kier molecular flexibility index (Phi) is 3.17. The molecule has 3 heterocycles. The second-order valence-corrected chi connectivity index (χ2v) is 4.91. The number of nitrogens with zero attached hydrogens (tertiary/aromatic N) is 5. The first-order valence-corrected chi connectivity index (χ1v) is 6.51. The number of amides is 1. The quantitative estimate of drug-likeness (QED) is 0.729. The van der Waals surface area contributed by atoms with E-state index in [4.69, 9.17) is 4.42 Å². The SMILES string of the molecule is Cc1nnc(CN(C)C(=O)c2ccc3ccn(C)c3n2)o1. The van der Waals surface area contributed by atoms with E-state index in [1.54, 1.807) is 20.0 Å². The molecule has 0 bridgehead atoms. The zero-order valence-electron chi connectivity index (χ0n) is 12.1. The van der Waals surface area contributed by atoms with Crippen molar-refractivity contribution in [1.82, 2.24) is 24.6 Å². The van der Waals surface area contributed by atoms with E-state index < -0.39 is 0 Å². The maximum Gasteiger partial charge on any atom is 0.272 e. The second-order valence-electron chi connectivity index (χ2n) is 4.91. The number of carbonyl (C=O) groups excluding carboxylic acids is 1. The van der Waals surface area contributed by atoms with Crippen molar-refractivity contribution in [3.05, 3.63) is 41.9 Å².